The van der Waals surface area contributed by atoms with E-state index in [9.17, 15) is 0 Å². The summed E-state index contributed by atoms with van der Waals surface area (Å²) >= 11 is 0. The van der Waals surface area contributed by atoms with E-state index in [2.05, 4.69) is 43.4 Å². The average Bonchev–Trinajstić information content (AvgIpc) is 2.39. The van der Waals surface area contributed by atoms with Crippen LogP contribution in [-0.4, -0.2) is 26.0 Å². The number of hydrogen-bond donors (Lipinski definition) is 1. The van der Waals surface area contributed by atoms with Crippen molar-refractivity contribution in [3.63, 3.8) is 0 Å². The van der Waals surface area contributed by atoms with Crippen LogP contribution < -0.4 is 5.32 Å². The number of rotatable bonds is 9. The Labute approximate surface area is 117 Å². The molecule has 0 aliphatic heterocycles. The average molecular weight is 265 g/mol. The van der Waals surface area contributed by atoms with Gasteiger partial charge in [0.1, 0.15) is 0 Å². The van der Waals surface area contributed by atoms with E-state index in [1.165, 1.54) is 5.56 Å². The first-order valence-electron chi connectivity index (χ1n) is 7.24. The first-order valence-corrected chi connectivity index (χ1v) is 7.24. The van der Waals surface area contributed by atoms with Crippen LogP contribution in [0.3, 0.4) is 0 Å². The number of nitrogens with one attached hydrogen (secondary N) is 1. The Morgan fingerprint density at radius 1 is 1.11 bits per heavy atom. The molecule has 3 nitrogen and oxygen atoms in total. The highest BCUT2D eigenvalue weighted by atomic mass is 16.7. The van der Waals surface area contributed by atoms with Crippen LogP contribution in [-0.2, 0) is 9.47 Å². The van der Waals surface area contributed by atoms with Gasteiger partial charge in [0, 0.05) is 31.9 Å². The van der Waals surface area contributed by atoms with Gasteiger partial charge in [-0.3, -0.25) is 0 Å². The van der Waals surface area contributed by atoms with Crippen LogP contribution in [0.2, 0.25) is 0 Å². The van der Waals surface area contributed by atoms with Gasteiger partial charge in [-0.15, -0.1) is 0 Å². The van der Waals surface area contributed by atoms with Crippen molar-refractivity contribution in [3.8, 4) is 0 Å². The lowest BCUT2D eigenvalue weighted by atomic mass is 10.0. The summed E-state index contributed by atoms with van der Waals surface area (Å²) < 4.78 is 11.0. The van der Waals surface area contributed by atoms with E-state index in [1.54, 1.807) is 0 Å². The Morgan fingerprint density at radius 2 is 1.79 bits per heavy atom. The second-order valence-electron chi connectivity index (χ2n) is 4.84. The van der Waals surface area contributed by atoms with Crippen molar-refractivity contribution >= 4 is 5.69 Å². The Hall–Kier alpha value is -1.06. The second kappa shape index (κ2) is 8.94. The zero-order valence-electron chi connectivity index (χ0n) is 12.6. The minimum atomic E-state index is -0.101. The molecule has 0 aliphatic carbocycles. The predicted octanol–water partition coefficient (Wildman–Crippen LogP) is 4.01. The fourth-order valence-corrected chi connectivity index (χ4v) is 1.93. The monoisotopic (exact) mass is 265 g/mol. The van der Waals surface area contributed by atoms with Crippen molar-refractivity contribution in [3.05, 3.63) is 29.8 Å². The summed E-state index contributed by atoms with van der Waals surface area (Å²) in [7, 11) is 0. The molecule has 0 heterocycles. The van der Waals surface area contributed by atoms with Gasteiger partial charge < -0.3 is 14.8 Å². The summed E-state index contributed by atoms with van der Waals surface area (Å²) in [5, 5.41) is 3.43. The van der Waals surface area contributed by atoms with E-state index in [1.807, 2.05) is 13.8 Å². The van der Waals surface area contributed by atoms with Gasteiger partial charge in [0.2, 0.25) is 0 Å². The quantitative estimate of drug-likeness (QED) is 0.684. The van der Waals surface area contributed by atoms with Gasteiger partial charge in [0.05, 0.1) is 0 Å². The van der Waals surface area contributed by atoms with Crippen LogP contribution in [0, 0.1) is 0 Å². The lowest BCUT2D eigenvalue weighted by Crippen LogP contribution is -2.21. The molecule has 0 bridgehead atoms. The maximum atomic E-state index is 5.52. The van der Waals surface area contributed by atoms with E-state index < -0.39 is 0 Å². The maximum absolute atomic E-state index is 5.52. The van der Waals surface area contributed by atoms with E-state index in [0.29, 0.717) is 19.1 Å². The van der Waals surface area contributed by atoms with Gasteiger partial charge in [0.25, 0.3) is 0 Å². The lowest BCUT2D eigenvalue weighted by Gasteiger charge is -2.17. The first-order chi connectivity index (χ1) is 9.17. The molecule has 0 amide bonds. The number of anilines is 1. The molecule has 0 aromatic heterocycles. The molecule has 3 heteroatoms. The fraction of sp³-hybridized carbons (Fsp3) is 0.625. The molecule has 0 atom stereocenters. The van der Waals surface area contributed by atoms with Crippen LogP contribution in [0.5, 0.6) is 0 Å². The van der Waals surface area contributed by atoms with Crippen molar-refractivity contribution in [1.29, 1.82) is 0 Å². The molecule has 1 rings (SSSR count). The number of ether oxygens (including phenoxy) is 2. The zero-order chi connectivity index (χ0) is 14.1. The maximum Gasteiger partial charge on any atom is 0.159 e. The molecule has 1 aromatic carbocycles. The normalized spacial score (nSPS) is 11.3. The SMILES string of the molecule is CCOC(CCNc1cccc(C(C)C)c1)OCC. The summed E-state index contributed by atoms with van der Waals surface area (Å²) in [6.45, 7) is 10.6. The molecule has 0 saturated heterocycles. The molecule has 1 aromatic rings. The van der Waals surface area contributed by atoms with Gasteiger partial charge in [-0.2, -0.15) is 0 Å². The van der Waals surface area contributed by atoms with Crippen LogP contribution >= 0.6 is 0 Å². The molecule has 0 spiro atoms. The van der Waals surface area contributed by atoms with Crippen LogP contribution in [0.15, 0.2) is 24.3 Å². The summed E-state index contributed by atoms with van der Waals surface area (Å²) in [4.78, 5) is 0. The van der Waals surface area contributed by atoms with Gasteiger partial charge in [0.15, 0.2) is 6.29 Å². The summed E-state index contributed by atoms with van der Waals surface area (Å²) in [5.41, 5.74) is 2.52. The van der Waals surface area contributed by atoms with Crippen LogP contribution in [0.1, 0.15) is 45.6 Å². The molecule has 1 N–H and O–H groups in total. The Kier molecular flexibility index (Phi) is 7.53. The smallest absolute Gasteiger partial charge is 0.159 e. The third kappa shape index (κ3) is 6.08. The first kappa shape index (κ1) is 16.0. The zero-order valence-corrected chi connectivity index (χ0v) is 12.6. The summed E-state index contributed by atoms with van der Waals surface area (Å²) in [6.07, 6.45) is 0.754. The Balaban J connectivity index is 2.41. The highest BCUT2D eigenvalue weighted by molar-refractivity contribution is 5.46. The van der Waals surface area contributed by atoms with Crippen molar-refractivity contribution < 1.29 is 9.47 Å². The highest BCUT2D eigenvalue weighted by Crippen LogP contribution is 2.18. The van der Waals surface area contributed by atoms with Crippen LogP contribution in [0.25, 0.3) is 0 Å². The molecule has 0 aliphatic rings. The molecule has 0 unspecified atom stereocenters. The molecule has 108 valence electrons. The molecule has 0 saturated carbocycles. The van der Waals surface area contributed by atoms with E-state index in [-0.39, 0.29) is 6.29 Å². The largest absolute Gasteiger partial charge is 0.385 e. The van der Waals surface area contributed by atoms with Gasteiger partial charge in [-0.1, -0.05) is 26.0 Å². The highest BCUT2D eigenvalue weighted by Gasteiger charge is 2.07. The van der Waals surface area contributed by atoms with Crippen molar-refractivity contribution in [1.82, 2.24) is 0 Å². The topological polar surface area (TPSA) is 30.5 Å². The third-order valence-electron chi connectivity index (χ3n) is 2.97. The minimum Gasteiger partial charge on any atom is -0.385 e. The second-order valence-corrected chi connectivity index (χ2v) is 4.84. The summed E-state index contributed by atoms with van der Waals surface area (Å²) in [6, 6.07) is 8.57. The standard InChI is InChI=1S/C16H27NO2/c1-5-18-16(19-6-2)10-11-17-15-9-7-8-14(12-15)13(3)4/h7-9,12-13,16-17H,5-6,10-11H2,1-4H3. The molecule has 0 fully saturated rings. The Bertz CT molecular complexity index is 346. The number of hydrogen-bond acceptors (Lipinski definition) is 3. The summed E-state index contributed by atoms with van der Waals surface area (Å²) in [5.74, 6) is 0.557. The molecule has 0 radical (unpaired) electrons. The van der Waals surface area contributed by atoms with E-state index >= 15 is 0 Å². The molecule has 19 heavy (non-hydrogen) atoms. The van der Waals surface area contributed by atoms with Gasteiger partial charge >= 0.3 is 0 Å². The molecular weight excluding hydrogens is 238 g/mol. The third-order valence-corrected chi connectivity index (χ3v) is 2.97. The van der Waals surface area contributed by atoms with E-state index in [0.717, 1.165) is 18.7 Å². The predicted molar refractivity (Wildman–Crippen MR) is 80.7 cm³/mol. The Morgan fingerprint density at radius 3 is 2.37 bits per heavy atom. The van der Waals surface area contributed by atoms with Crippen molar-refractivity contribution in [2.24, 2.45) is 0 Å². The number of benzene rings is 1. The fourth-order valence-electron chi connectivity index (χ4n) is 1.93. The van der Waals surface area contributed by atoms with Gasteiger partial charge in [-0.25, -0.2) is 0 Å². The molecular formula is C16H27NO2. The van der Waals surface area contributed by atoms with Gasteiger partial charge in [-0.05, 0) is 37.5 Å². The van der Waals surface area contributed by atoms with Crippen molar-refractivity contribution in [2.45, 2.75) is 46.3 Å². The lowest BCUT2D eigenvalue weighted by molar-refractivity contribution is -0.137. The van der Waals surface area contributed by atoms with Crippen LogP contribution in [0.4, 0.5) is 5.69 Å². The van der Waals surface area contributed by atoms with Crippen molar-refractivity contribution in [2.75, 3.05) is 25.1 Å². The van der Waals surface area contributed by atoms with E-state index in [4.69, 9.17) is 9.47 Å². The minimum absolute atomic E-state index is 0.101.